The molecule has 0 unspecified atom stereocenters. The van der Waals surface area contributed by atoms with Crippen molar-refractivity contribution < 1.29 is 9.59 Å². The van der Waals surface area contributed by atoms with Gasteiger partial charge in [-0.05, 0) is 35.7 Å². The molecule has 3 aromatic carbocycles. The molecule has 3 aromatic rings. The number of nitrogens with zero attached hydrogens (tertiary/aromatic N) is 1. The van der Waals surface area contributed by atoms with Gasteiger partial charge in [0, 0.05) is 25.0 Å². The van der Waals surface area contributed by atoms with E-state index in [1.807, 2.05) is 73.7 Å². The van der Waals surface area contributed by atoms with Crippen LogP contribution in [0.25, 0.3) is 0 Å². The Kier molecular flexibility index (Phi) is 7.85. The van der Waals surface area contributed by atoms with E-state index in [2.05, 4.69) is 5.32 Å². The Morgan fingerprint density at radius 1 is 0.871 bits per heavy atom. The first-order valence-electron chi connectivity index (χ1n) is 10.3. The topological polar surface area (TPSA) is 49.4 Å². The molecule has 0 fully saturated rings. The van der Waals surface area contributed by atoms with Crippen molar-refractivity contribution in [3.05, 3.63) is 106 Å². The molecule has 5 heteroatoms. The first-order valence-corrected chi connectivity index (χ1v) is 10.7. The lowest BCUT2D eigenvalue weighted by molar-refractivity contribution is -0.140. The normalized spacial score (nSPS) is 11.6. The molecule has 0 aliphatic rings. The third-order valence-electron chi connectivity index (χ3n) is 5.26. The van der Waals surface area contributed by atoms with Crippen molar-refractivity contribution >= 4 is 23.4 Å². The van der Waals surface area contributed by atoms with Gasteiger partial charge in [-0.15, -0.1) is 0 Å². The van der Waals surface area contributed by atoms with E-state index in [-0.39, 0.29) is 18.2 Å². The minimum absolute atomic E-state index is 0.0941. The number of hydrogen-bond donors (Lipinski definition) is 1. The van der Waals surface area contributed by atoms with Crippen LogP contribution in [-0.4, -0.2) is 29.8 Å². The summed E-state index contributed by atoms with van der Waals surface area (Å²) in [5.74, 6) is -0.279. The molecule has 31 heavy (non-hydrogen) atoms. The highest BCUT2D eigenvalue weighted by Gasteiger charge is 2.29. The van der Waals surface area contributed by atoms with Gasteiger partial charge in [0.05, 0.1) is 6.42 Å². The van der Waals surface area contributed by atoms with Gasteiger partial charge in [-0.1, -0.05) is 83.9 Å². The smallest absolute Gasteiger partial charge is 0.242 e. The molecule has 0 saturated heterocycles. The van der Waals surface area contributed by atoms with Gasteiger partial charge in [0.15, 0.2) is 0 Å². The lowest BCUT2D eigenvalue weighted by atomic mass is 10.0. The van der Waals surface area contributed by atoms with Crippen LogP contribution >= 0.6 is 11.6 Å². The molecule has 160 valence electrons. The lowest BCUT2D eigenvalue weighted by Crippen LogP contribution is -2.50. The number of carbonyl (C=O) groups is 2. The molecule has 0 radical (unpaired) electrons. The maximum absolute atomic E-state index is 13.4. The van der Waals surface area contributed by atoms with E-state index in [4.69, 9.17) is 11.6 Å². The van der Waals surface area contributed by atoms with Gasteiger partial charge < -0.3 is 10.2 Å². The third kappa shape index (κ3) is 6.43. The van der Waals surface area contributed by atoms with Crippen molar-refractivity contribution in [1.82, 2.24) is 10.2 Å². The molecule has 0 bridgehead atoms. The SMILES string of the molecule is CNC(=O)[C@H](Cc1ccccc1)N(Cc1ccc(Cl)cc1)C(=O)Cc1ccc(C)cc1. The Balaban J connectivity index is 1.92. The van der Waals surface area contributed by atoms with Crippen LogP contribution in [0, 0.1) is 6.92 Å². The van der Waals surface area contributed by atoms with Crippen molar-refractivity contribution in [3.63, 3.8) is 0 Å². The highest BCUT2D eigenvalue weighted by molar-refractivity contribution is 6.30. The monoisotopic (exact) mass is 434 g/mol. The molecule has 1 atom stereocenters. The van der Waals surface area contributed by atoms with Crippen LogP contribution in [0.2, 0.25) is 5.02 Å². The summed E-state index contributed by atoms with van der Waals surface area (Å²) in [4.78, 5) is 28.0. The Labute approximate surface area is 188 Å². The molecule has 4 nitrogen and oxygen atoms in total. The summed E-state index contributed by atoms with van der Waals surface area (Å²) in [6, 6.07) is 24.4. The molecule has 0 saturated carbocycles. The maximum Gasteiger partial charge on any atom is 0.242 e. The minimum Gasteiger partial charge on any atom is -0.357 e. The average Bonchev–Trinajstić information content (AvgIpc) is 2.79. The van der Waals surface area contributed by atoms with Crippen LogP contribution in [0.1, 0.15) is 22.3 Å². The molecule has 3 rings (SSSR count). The fourth-order valence-corrected chi connectivity index (χ4v) is 3.62. The molecule has 0 aliphatic carbocycles. The number of amides is 2. The molecule has 0 heterocycles. The van der Waals surface area contributed by atoms with Crippen LogP contribution in [0.15, 0.2) is 78.9 Å². The number of carbonyl (C=O) groups excluding carboxylic acids is 2. The molecule has 2 amide bonds. The van der Waals surface area contributed by atoms with E-state index in [0.29, 0.717) is 18.0 Å². The van der Waals surface area contributed by atoms with Crippen molar-refractivity contribution in [2.45, 2.75) is 32.4 Å². The molecule has 0 spiro atoms. The van der Waals surface area contributed by atoms with Gasteiger partial charge in [0.1, 0.15) is 6.04 Å². The summed E-state index contributed by atoms with van der Waals surface area (Å²) in [6.07, 6.45) is 0.671. The third-order valence-corrected chi connectivity index (χ3v) is 5.51. The van der Waals surface area contributed by atoms with E-state index in [1.54, 1.807) is 24.1 Å². The fourth-order valence-electron chi connectivity index (χ4n) is 3.49. The lowest BCUT2D eigenvalue weighted by Gasteiger charge is -2.31. The first kappa shape index (κ1) is 22.6. The predicted octanol–water partition coefficient (Wildman–Crippen LogP) is 4.58. The summed E-state index contributed by atoms with van der Waals surface area (Å²) in [5, 5.41) is 3.37. The van der Waals surface area contributed by atoms with Crippen LogP contribution in [0.4, 0.5) is 0 Å². The van der Waals surface area contributed by atoms with E-state index >= 15 is 0 Å². The Bertz CT molecular complexity index is 1000. The zero-order valence-corrected chi connectivity index (χ0v) is 18.6. The summed E-state index contributed by atoms with van der Waals surface area (Å²) in [7, 11) is 1.60. The first-order chi connectivity index (χ1) is 15.0. The fraction of sp³-hybridized carbons (Fsp3) is 0.231. The highest BCUT2D eigenvalue weighted by Crippen LogP contribution is 2.18. The standard InChI is InChI=1S/C26H27ClN2O2/c1-19-8-10-21(11-9-19)17-25(30)29(18-22-12-14-23(27)15-13-22)24(26(31)28-2)16-20-6-4-3-5-7-20/h3-15,24H,16-18H2,1-2H3,(H,28,31)/t24-/m0/s1. The largest absolute Gasteiger partial charge is 0.357 e. The second-order valence-electron chi connectivity index (χ2n) is 7.63. The van der Waals surface area contributed by atoms with Crippen molar-refractivity contribution in [2.24, 2.45) is 0 Å². The number of rotatable bonds is 8. The molecule has 1 N–H and O–H groups in total. The average molecular weight is 435 g/mol. The minimum atomic E-state index is -0.624. The Morgan fingerprint density at radius 3 is 2.10 bits per heavy atom. The summed E-state index contributed by atoms with van der Waals surface area (Å²) in [6.45, 7) is 2.34. The van der Waals surface area contributed by atoms with Gasteiger partial charge >= 0.3 is 0 Å². The van der Waals surface area contributed by atoms with E-state index in [9.17, 15) is 9.59 Å². The molecular formula is C26H27ClN2O2. The Morgan fingerprint density at radius 2 is 1.48 bits per heavy atom. The predicted molar refractivity (Wildman–Crippen MR) is 125 cm³/mol. The van der Waals surface area contributed by atoms with E-state index < -0.39 is 6.04 Å². The highest BCUT2D eigenvalue weighted by atomic mass is 35.5. The van der Waals surface area contributed by atoms with Crippen molar-refractivity contribution in [3.8, 4) is 0 Å². The van der Waals surface area contributed by atoms with Crippen LogP contribution < -0.4 is 5.32 Å². The second-order valence-corrected chi connectivity index (χ2v) is 8.07. The quantitative estimate of drug-likeness (QED) is 0.564. The van der Waals surface area contributed by atoms with Crippen molar-refractivity contribution in [1.29, 1.82) is 0 Å². The second kappa shape index (κ2) is 10.8. The van der Waals surface area contributed by atoms with Crippen LogP contribution in [-0.2, 0) is 29.0 Å². The number of benzene rings is 3. The number of nitrogens with one attached hydrogen (secondary N) is 1. The van der Waals surface area contributed by atoms with Crippen molar-refractivity contribution in [2.75, 3.05) is 7.05 Å². The Hall–Kier alpha value is -3.11. The molecule has 0 aromatic heterocycles. The summed E-state index contributed by atoms with van der Waals surface area (Å²) in [5.41, 5.74) is 3.98. The van der Waals surface area contributed by atoms with Gasteiger partial charge in [-0.2, -0.15) is 0 Å². The van der Waals surface area contributed by atoms with Crippen LogP contribution in [0.3, 0.4) is 0 Å². The van der Waals surface area contributed by atoms with Crippen LogP contribution in [0.5, 0.6) is 0 Å². The van der Waals surface area contributed by atoms with E-state index in [1.165, 1.54) is 0 Å². The number of hydrogen-bond acceptors (Lipinski definition) is 2. The maximum atomic E-state index is 13.4. The number of aryl methyl sites for hydroxylation is 1. The van der Waals surface area contributed by atoms with Gasteiger partial charge in [-0.25, -0.2) is 0 Å². The summed E-state index contributed by atoms with van der Waals surface area (Å²) >= 11 is 6.03. The van der Waals surface area contributed by atoms with Gasteiger partial charge in [0.25, 0.3) is 0 Å². The summed E-state index contributed by atoms with van der Waals surface area (Å²) < 4.78 is 0. The molecular weight excluding hydrogens is 408 g/mol. The van der Waals surface area contributed by atoms with E-state index in [0.717, 1.165) is 22.3 Å². The zero-order valence-electron chi connectivity index (χ0n) is 17.8. The number of halogens is 1. The zero-order chi connectivity index (χ0) is 22.2. The van der Waals surface area contributed by atoms with Gasteiger partial charge in [0.2, 0.25) is 11.8 Å². The number of likely N-dealkylation sites (N-methyl/N-ethyl adjacent to an activating group) is 1. The van der Waals surface area contributed by atoms with Gasteiger partial charge in [-0.3, -0.25) is 9.59 Å². The molecule has 0 aliphatic heterocycles.